The van der Waals surface area contributed by atoms with Gasteiger partial charge in [0.05, 0.1) is 13.2 Å². The van der Waals surface area contributed by atoms with E-state index in [0.717, 1.165) is 32.3 Å². The summed E-state index contributed by atoms with van der Waals surface area (Å²) in [4.78, 5) is 0. The van der Waals surface area contributed by atoms with Crippen LogP contribution in [0.1, 0.15) is 46.5 Å². The minimum atomic E-state index is 0.309. The molecule has 0 bridgehead atoms. The summed E-state index contributed by atoms with van der Waals surface area (Å²) < 4.78 is 11.3. The molecule has 1 aliphatic carbocycles. The second-order valence-corrected chi connectivity index (χ2v) is 4.98. The van der Waals surface area contributed by atoms with Crippen molar-refractivity contribution in [1.82, 2.24) is 0 Å². The SMILES string of the molecule is CCOCC1(COCC)CCC[C@H](C)C1. The molecule has 2 nitrogen and oxygen atoms in total. The maximum Gasteiger partial charge on any atom is 0.0544 e. The largest absolute Gasteiger partial charge is 0.381 e. The summed E-state index contributed by atoms with van der Waals surface area (Å²) in [6.45, 7) is 9.90. The molecule has 0 N–H and O–H groups in total. The van der Waals surface area contributed by atoms with Gasteiger partial charge in [0.25, 0.3) is 0 Å². The van der Waals surface area contributed by atoms with Crippen molar-refractivity contribution in [3.63, 3.8) is 0 Å². The smallest absolute Gasteiger partial charge is 0.0544 e. The van der Waals surface area contributed by atoms with Crippen molar-refractivity contribution in [2.45, 2.75) is 46.5 Å². The van der Waals surface area contributed by atoms with E-state index in [9.17, 15) is 0 Å². The fourth-order valence-electron chi connectivity index (χ4n) is 2.71. The van der Waals surface area contributed by atoms with E-state index in [0.29, 0.717) is 5.41 Å². The average molecular weight is 214 g/mol. The quantitative estimate of drug-likeness (QED) is 0.675. The molecular weight excluding hydrogens is 188 g/mol. The maximum absolute atomic E-state index is 5.64. The second-order valence-electron chi connectivity index (χ2n) is 4.98. The highest BCUT2D eigenvalue weighted by molar-refractivity contribution is 4.85. The van der Waals surface area contributed by atoms with Crippen LogP contribution < -0.4 is 0 Å². The topological polar surface area (TPSA) is 18.5 Å². The summed E-state index contributed by atoms with van der Waals surface area (Å²) in [5.41, 5.74) is 0.309. The van der Waals surface area contributed by atoms with E-state index in [1.54, 1.807) is 0 Å². The van der Waals surface area contributed by atoms with Crippen LogP contribution in [0.15, 0.2) is 0 Å². The lowest BCUT2D eigenvalue weighted by Crippen LogP contribution is -2.37. The molecule has 90 valence electrons. The Balaban J connectivity index is 2.49. The minimum Gasteiger partial charge on any atom is -0.381 e. The molecule has 2 heteroatoms. The molecule has 0 saturated heterocycles. The van der Waals surface area contributed by atoms with Gasteiger partial charge in [-0.05, 0) is 32.6 Å². The van der Waals surface area contributed by atoms with E-state index in [2.05, 4.69) is 20.8 Å². The molecule has 0 aromatic heterocycles. The van der Waals surface area contributed by atoms with Gasteiger partial charge in [-0.15, -0.1) is 0 Å². The molecule has 0 aromatic rings. The van der Waals surface area contributed by atoms with Crippen LogP contribution in [0.2, 0.25) is 0 Å². The zero-order valence-corrected chi connectivity index (χ0v) is 10.6. The standard InChI is InChI=1S/C13H26O2/c1-4-14-10-13(11-15-5-2)8-6-7-12(3)9-13/h12H,4-11H2,1-3H3/t12-/m0/s1. The zero-order valence-electron chi connectivity index (χ0n) is 10.6. The normalized spacial score (nSPS) is 25.4. The van der Waals surface area contributed by atoms with Gasteiger partial charge in [0.2, 0.25) is 0 Å². The summed E-state index contributed by atoms with van der Waals surface area (Å²) in [5.74, 6) is 0.833. The summed E-state index contributed by atoms with van der Waals surface area (Å²) in [5, 5.41) is 0. The lowest BCUT2D eigenvalue weighted by Gasteiger charge is -2.39. The van der Waals surface area contributed by atoms with Crippen molar-refractivity contribution >= 4 is 0 Å². The average Bonchev–Trinajstić information content (AvgIpc) is 2.24. The van der Waals surface area contributed by atoms with Crippen molar-refractivity contribution in [3.05, 3.63) is 0 Å². The number of rotatable bonds is 6. The Morgan fingerprint density at radius 3 is 2.20 bits per heavy atom. The fraction of sp³-hybridized carbons (Fsp3) is 1.00. The molecule has 0 spiro atoms. The Morgan fingerprint density at radius 1 is 1.13 bits per heavy atom. The van der Waals surface area contributed by atoms with E-state index >= 15 is 0 Å². The molecule has 0 amide bonds. The van der Waals surface area contributed by atoms with Gasteiger partial charge in [-0.25, -0.2) is 0 Å². The first kappa shape index (κ1) is 13.0. The van der Waals surface area contributed by atoms with Crippen LogP contribution in [-0.4, -0.2) is 26.4 Å². The Labute approximate surface area is 94.3 Å². The summed E-state index contributed by atoms with van der Waals surface area (Å²) in [6, 6.07) is 0. The van der Waals surface area contributed by atoms with Crippen molar-refractivity contribution < 1.29 is 9.47 Å². The molecule has 15 heavy (non-hydrogen) atoms. The van der Waals surface area contributed by atoms with Crippen molar-refractivity contribution in [2.24, 2.45) is 11.3 Å². The van der Waals surface area contributed by atoms with Crippen LogP contribution in [0.5, 0.6) is 0 Å². The van der Waals surface area contributed by atoms with Crippen LogP contribution in [0.25, 0.3) is 0 Å². The molecule has 1 atom stereocenters. The second kappa shape index (κ2) is 6.49. The first-order valence-electron chi connectivity index (χ1n) is 6.38. The highest BCUT2D eigenvalue weighted by Gasteiger charge is 2.35. The molecular formula is C13H26O2. The number of hydrogen-bond donors (Lipinski definition) is 0. The van der Waals surface area contributed by atoms with Gasteiger partial charge in [0.15, 0.2) is 0 Å². The number of ether oxygens (including phenoxy) is 2. The minimum absolute atomic E-state index is 0.309. The van der Waals surface area contributed by atoms with Gasteiger partial charge in [0, 0.05) is 18.6 Å². The maximum atomic E-state index is 5.64. The number of hydrogen-bond acceptors (Lipinski definition) is 2. The van der Waals surface area contributed by atoms with Crippen molar-refractivity contribution in [2.75, 3.05) is 26.4 Å². The first-order valence-corrected chi connectivity index (χ1v) is 6.38. The first-order chi connectivity index (χ1) is 7.22. The lowest BCUT2D eigenvalue weighted by molar-refractivity contribution is -0.0467. The van der Waals surface area contributed by atoms with E-state index in [-0.39, 0.29) is 0 Å². The third kappa shape index (κ3) is 4.12. The van der Waals surface area contributed by atoms with Crippen LogP contribution in [0.4, 0.5) is 0 Å². The van der Waals surface area contributed by atoms with Gasteiger partial charge >= 0.3 is 0 Å². The fourth-order valence-corrected chi connectivity index (χ4v) is 2.71. The molecule has 0 aliphatic heterocycles. The molecule has 1 rings (SSSR count). The van der Waals surface area contributed by atoms with Gasteiger partial charge < -0.3 is 9.47 Å². The van der Waals surface area contributed by atoms with Gasteiger partial charge in [0.1, 0.15) is 0 Å². The lowest BCUT2D eigenvalue weighted by atomic mass is 9.71. The van der Waals surface area contributed by atoms with Gasteiger partial charge in [-0.1, -0.05) is 19.8 Å². The molecule has 1 fully saturated rings. The predicted octanol–water partition coefficient (Wildman–Crippen LogP) is 3.26. The Morgan fingerprint density at radius 2 is 1.73 bits per heavy atom. The van der Waals surface area contributed by atoms with Crippen molar-refractivity contribution in [3.8, 4) is 0 Å². The summed E-state index contributed by atoms with van der Waals surface area (Å²) in [6.07, 6.45) is 5.26. The molecule has 0 radical (unpaired) electrons. The van der Waals surface area contributed by atoms with Crippen LogP contribution in [-0.2, 0) is 9.47 Å². The predicted molar refractivity (Wildman–Crippen MR) is 63.1 cm³/mol. The van der Waals surface area contributed by atoms with Crippen LogP contribution in [0, 0.1) is 11.3 Å². The highest BCUT2D eigenvalue weighted by atomic mass is 16.5. The molecule has 1 aliphatic rings. The van der Waals surface area contributed by atoms with Crippen molar-refractivity contribution in [1.29, 1.82) is 0 Å². The Kier molecular flexibility index (Phi) is 5.62. The molecule has 0 heterocycles. The summed E-state index contributed by atoms with van der Waals surface area (Å²) in [7, 11) is 0. The highest BCUT2D eigenvalue weighted by Crippen LogP contribution is 2.39. The van der Waals surface area contributed by atoms with E-state index in [1.807, 2.05) is 0 Å². The Hall–Kier alpha value is -0.0800. The monoisotopic (exact) mass is 214 g/mol. The molecule has 0 unspecified atom stereocenters. The zero-order chi connectivity index (χ0) is 11.1. The molecule has 1 saturated carbocycles. The van der Waals surface area contributed by atoms with E-state index in [4.69, 9.17) is 9.47 Å². The third-order valence-corrected chi connectivity index (χ3v) is 3.41. The van der Waals surface area contributed by atoms with Gasteiger partial charge in [-0.2, -0.15) is 0 Å². The van der Waals surface area contributed by atoms with E-state index < -0.39 is 0 Å². The van der Waals surface area contributed by atoms with Crippen LogP contribution in [0.3, 0.4) is 0 Å². The molecule has 0 aromatic carbocycles. The third-order valence-electron chi connectivity index (χ3n) is 3.41. The van der Waals surface area contributed by atoms with Crippen LogP contribution >= 0.6 is 0 Å². The Bertz CT molecular complexity index is 160. The van der Waals surface area contributed by atoms with E-state index in [1.165, 1.54) is 25.7 Å². The summed E-state index contributed by atoms with van der Waals surface area (Å²) >= 11 is 0. The van der Waals surface area contributed by atoms with Gasteiger partial charge in [-0.3, -0.25) is 0 Å².